The number of aliphatic hydroxyl groups is 1. The fourth-order valence-electron chi connectivity index (χ4n) is 3.14. The molecule has 1 aliphatic heterocycles. The van der Waals surface area contributed by atoms with Gasteiger partial charge in [-0.2, -0.15) is 13.2 Å². The molecule has 0 fully saturated rings. The third-order valence-electron chi connectivity index (χ3n) is 4.47. The number of carbonyl (C=O) groups excluding carboxylic acids is 1. The molecular weight excluding hydrogens is 369 g/mol. The van der Waals surface area contributed by atoms with Crippen molar-refractivity contribution < 1.29 is 27.8 Å². The molecule has 0 bridgehead atoms. The van der Waals surface area contributed by atoms with Crippen LogP contribution in [0.1, 0.15) is 16.7 Å². The molecule has 0 aliphatic carbocycles. The van der Waals surface area contributed by atoms with Crippen molar-refractivity contribution in [3.05, 3.63) is 94.9 Å². The van der Waals surface area contributed by atoms with Gasteiger partial charge in [0.15, 0.2) is 11.5 Å². The number of cyclic esters (lactones) is 1. The van der Waals surface area contributed by atoms with Gasteiger partial charge in [0.1, 0.15) is 5.57 Å². The SMILES string of the molecule is O=C1O/C(=C\c2cccc3ccccc23)C(O)=C1c1cccc(C(F)(F)F)c1. The van der Waals surface area contributed by atoms with Crippen LogP contribution in [0, 0.1) is 0 Å². The Morgan fingerprint density at radius 2 is 1.64 bits per heavy atom. The van der Waals surface area contributed by atoms with E-state index in [4.69, 9.17) is 4.74 Å². The molecule has 4 rings (SSSR count). The van der Waals surface area contributed by atoms with Gasteiger partial charge in [0.25, 0.3) is 0 Å². The van der Waals surface area contributed by atoms with Gasteiger partial charge < -0.3 is 9.84 Å². The van der Waals surface area contributed by atoms with E-state index in [0.717, 1.165) is 22.9 Å². The summed E-state index contributed by atoms with van der Waals surface area (Å²) in [6.07, 6.45) is -3.06. The summed E-state index contributed by atoms with van der Waals surface area (Å²) in [5, 5.41) is 12.3. The van der Waals surface area contributed by atoms with Crippen LogP contribution in [0.2, 0.25) is 0 Å². The first-order valence-electron chi connectivity index (χ1n) is 8.37. The minimum absolute atomic E-state index is 0.0568. The van der Waals surface area contributed by atoms with E-state index >= 15 is 0 Å². The number of fused-ring (bicyclic) bond motifs is 1. The fraction of sp³-hybridized carbons (Fsp3) is 0.0455. The zero-order valence-corrected chi connectivity index (χ0v) is 14.3. The van der Waals surface area contributed by atoms with Crippen molar-refractivity contribution in [1.82, 2.24) is 0 Å². The molecule has 0 aromatic heterocycles. The molecule has 0 amide bonds. The summed E-state index contributed by atoms with van der Waals surface area (Å²) in [7, 11) is 0. The molecule has 3 aromatic rings. The van der Waals surface area contributed by atoms with E-state index in [1.807, 2.05) is 36.4 Å². The molecule has 3 nitrogen and oxygen atoms in total. The van der Waals surface area contributed by atoms with Gasteiger partial charge in [-0.3, -0.25) is 0 Å². The van der Waals surface area contributed by atoms with Crippen LogP contribution in [0.3, 0.4) is 0 Å². The largest absolute Gasteiger partial charge is 0.504 e. The summed E-state index contributed by atoms with van der Waals surface area (Å²) in [4.78, 5) is 12.2. The lowest BCUT2D eigenvalue weighted by molar-refractivity contribution is -0.137. The smallest absolute Gasteiger partial charge is 0.416 e. The highest BCUT2D eigenvalue weighted by Gasteiger charge is 2.34. The summed E-state index contributed by atoms with van der Waals surface area (Å²) in [5.74, 6) is -1.49. The molecule has 0 saturated heterocycles. The highest BCUT2D eigenvalue weighted by Crippen LogP contribution is 2.36. The van der Waals surface area contributed by atoms with Crippen LogP contribution in [0.25, 0.3) is 22.4 Å². The first-order valence-corrected chi connectivity index (χ1v) is 8.37. The average molecular weight is 382 g/mol. The molecule has 1 heterocycles. The number of benzene rings is 3. The van der Waals surface area contributed by atoms with E-state index in [1.54, 1.807) is 6.07 Å². The highest BCUT2D eigenvalue weighted by molar-refractivity contribution is 6.21. The number of esters is 1. The maximum absolute atomic E-state index is 13.0. The van der Waals surface area contributed by atoms with Gasteiger partial charge >= 0.3 is 12.1 Å². The fourth-order valence-corrected chi connectivity index (χ4v) is 3.14. The number of rotatable bonds is 2. The maximum atomic E-state index is 13.0. The third-order valence-corrected chi connectivity index (χ3v) is 4.47. The summed E-state index contributed by atoms with van der Waals surface area (Å²) in [6, 6.07) is 17.3. The van der Waals surface area contributed by atoms with Crippen LogP contribution in [0.5, 0.6) is 0 Å². The molecule has 0 spiro atoms. The molecule has 1 aliphatic rings. The molecule has 0 unspecified atom stereocenters. The van der Waals surface area contributed by atoms with Gasteiger partial charge in [0.2, 0.25) is 0 Å². The first-order chi connectivity index (χ1) is 13.3. The predicted octanol–water partition coefficient (Wildman–Crippen LogP) is 5.73. The second kappa shape index (κ2) is 6.56. The molecule has 0 atom stereocenters. The van der Waals surface area contributed by atoms with E-state index in [0.29, 0.717) is 5.56 Å². The normalized spacial score (nSPS) is 16.1. The van der Waals surface area contributed by atoms with Gasteiger partial charge in [-0.1, -0.05) is 54.6 Å². The molecule has 1 N–H and O–H groups in total. The van der Waals surface area contributed by atoms with E-state index in [9.17, 15) is 23.1 Å². The molecule has 140 valence electrons. The number of carbonyl (C=O) groups is 1. The molecule has 28 heavy (non-hydrogen) atoms. The molecular formula is C22H13F3O3. The second-order valence-corrected chi connectivity index (χ2v) is 6.27. The van der Waals surface area contributed by atoms with E-state index in [2.05, 4.69) is 0 Å². The Kier molecular flexibility index (Phi) is 4.19. The van der Waals surface area contributed by atoms with Crippen molar-refractivity contribution in [1.29, 1.82) is 0 Å². The summed E-state index contributed by atoms with van der Waals surface area (Å²) in [6.45, 7) is 0. The standard InChI is InChI=1S/C22H13F3O3/c23-22(24,25)16-9-4-8-15(11-16)19-20(26)18(28-21(19)27)12-14-7-3-6-13-5-1-2-10-17(13)14/h1-12,26H/b18-12-. The van der Waals surface area contributed by atoms with Crippen molar-refractivity contribution in [3.8, 4) is 0 Å². The Balaban J connectivity index is 1.81. The van der Waals surface area contributed by atoms with Gasteiger partial charge in [0.05, 0.1) is 5.56 Å². The van der Waals surface area contributed by atoms with Gasteiger partial charge in [-0.25, -0.2) is 4.79 Å². The Hall–Kier alpha value is -3.54. The summed E-state index contributed by atoms with van der Waals surface area (Å²) in [5.41, 5.74) is -0.557. The minimum Gasteiger partial charge on any atom is -0.504 e. The molecule has 0 radical (unpaired) electrons. The van der Waals surface area contributed by atoms with Crippen molar-refractivity contribution in [3.63, 3.8) is 0 Å². The Morgan fingerprint density at radius 1 is 0.929 bits per heavy atom. The third kappa shape index (κ3) is 3.13. The van der Waals surface area contributed by atoms with E-state index in [1.165, 1.54) is 18.2 Å². The number of ether oxygens (including phenoxy) is 1. The monoisotopic (exact) mass is 382 g/mol. The van der Waals surface area contributed by atoms with Crippen LogP contribution >= 0.6 is 0 Å². The maximum Gasteiger partial charge on any atom is 0.416 e. The van der Waals surface area contributed by atoms with Gasteiger partial charge in [-0.15, -0.1) is 0 Å². The second-order valence-electron chi connectivity index (χ2n) is 6.27. The number of hydrogen-bond acceptors (Lipinski definition) is 3. The van der Waals surface area contributed by atoms with Crippen molar-refractivity contribution in [2.45, 2.75) is 6.18 Å². The Bertz CT molecular complexity index is 1150. The van der Waals surface area contributed by atoms with Crippen molar-refractivity contribution in [2.24, 2.45) is 0 Å². The van der Waals surface area contributed by atoms with E-state index in [-0.39, 0.29) is 16.9 Å². The topological polar surface area (TPSA) is 46.5 Å². The Labute approximate surface area is 158 Å². The van der Waals surface area contributed by atoms with Crippen molar-refractivity contribution in [2.75, 3.05) is 0 Å². The Morgan fingerprint density at radius 3 is 2.43 bits per heavy atom. The number of alkyl halides is 3. The van der Waals surface area contributed by atoms with Crippen molar-refractivity contribution >= 4 is 28.4 Å². The van der Waals surface area contributed by atoms with Gasteiger partial charge in [-0.05, 0) is 40.1 Å². The van der Waals surface area contributed by atoms with Crippen LogP contribution in [0.4, 0.5) is 13.2 Å². The summed E-state index contributed by atoms with van der Waals surface area (Å²) >= 11 is 0. The lowest BCUT2D eigenvalue weighted by Gasteiger charge is -2.08. The van der Waals surface area contributed by atoms with Crippen LogP contribution < -0.4 is 0 Å². The average Bonchev–Trinajstić information content (AvgIpc) is 2.95. The van der Waals surface area contributed by atoms with Crippen LogP contribution in [0.15, 0.2) is 78.2 Å². The van der Waals surface area contributed by atoms with Crippen LogP contribution in [-0.2, 0) is 15.7 Å². The molecule has 0 saturated carbocycles. The number of halogens is 3. The molecule has 3 aromatic carbocycles. The lowest BCUT2D eigenvalue weighted by atomic mass is 10.0. The van der Waals surface area contributed by atoms with Gasteiger partial charge in [0, 0.05) is 0 Å². The van der Waals surface area contributed by atoms with E-state index < -0.39 is 23.5 Å². The highest BCUT2D eigenvalue weighted by atomic mass is 19.4. The number of hydrogen-bond donors (Lipinski definition) is 1. The first kappa shape index (κ1) is 17.9. The zero-order chi connectivity index (χ0) is 19.9. The minimum atomic E-state index is -4.56. The van der Waals surface area contributed by atoms with Crippen LogP contribution in [-0.4, -0.2) is 11.1 Å². The molecule has 6 heteroatoms. The number of aliphatic hydroxyl groups excluding tert-OH is 1. The predicted molar refractivity (Wildman–Crippen MR) is 99.0 cm³/mol. The zero-order valence-electron chi connectivity index (χ0n) is 14.3. The lowest BCUT2D eigenvalue weighted by Crippen LogP contribution is -2.06. The quantitative estimate of drug-likeness (QED) is 0.576. The summed E-state index contributed by atoms with van der Waals surface area (Å²) < 4.78 is 44.0.